The predicted molar refractivity (Wildman–Crippen MR) is 70.8 cm³/mol. The Bertz CT molecular complexity index is 372. The summed E-state index contributed by atoms with van der Waals surface area (Å²) in [4.78, 5) is 2.28. The van der Waals surface area contributed by atoms with E-state index >= 15 is 0 Å². The summed E-state index contributed by atoms with van der Waals surface area (Å²) in [5.74, 6) is 0.416. The number of likely N-dealkylation sites (tertiary alicyclic amines) is 1. The van der Waals surface area contributed by atoms with Crippen LogP contribution in [0.3, 0.4) is 0 Å². The number of aliphatic hydroxyl groups is 1. The van der Waals surface area contributed by atoms with Crippen LogP contribution in [0.25, 0.3) is 0 Å². The third-order valence-corrected chi connectivity index (χ3v) is 5.22. The zero-order chi connectivity index (χ0) is 13.2. The van der Waals surface area contributed by atoms with Gasteiger partial charge in [-0.25, -0.2) is 12.7 Å². The molecule has 18 heavy (non-hydrogen) atoms. The van der Waals surface area contributed by atoms with Gasteiger partial charge in [0.1, 0.15) is 0 Å². The summed E-state index contributed by atoms with van der Waals surface area (Å²) in [6.07, 6.45) is 5.08. The van der Waals surface area contributed by atoms with Gasteiger partial charge < -0.3 is 10.0 Å². The van der Waals surface area contributed by atoms with Gasteiger partial charge in [-0.3, -0.25) is 0 Å². The number of sulfonamides is 1. The first-order valence-electron chi connectivity index (χ1n) is 6.80. The Morgan fingerprint density at radius 1 is 1.17 bits per heavy atom. The largest absolute Gasteiger partial charge is 0.392 e. The van der Waals surface area contributed by atoms with Crippen LogP contribution in [0.15, 0.2) is 0 Å². The highest BCUT2D eigenvalue weighted by molar-refractivity contribution is 7.88. The Morgan fingerprint density at radius 2 is 1.89 bits per heavy atom. The average molecular weight is 276 g/mol. The lowest BCUT2D eigenvalue weighted by atomic mass is 9.97. The molecule has 2 atom stereocenters. The molecule has 0 saturated carbocycles. The molecule has 2 fully saturated rings. The molecule has 0 bridgehead atoms. The summed E-state index contributed by atoms with van der Waals surface area (Å²) in [7, 11) is -3.04. The molecule has 2 rings (SSSR count). The lowest BCUT2D eigenvalue weighted by Crippen LogP contribution is -2.46. The summed E-state index contributed by atoms with van der Waals surface area (Å²) >= 11 is 0. The zero-order valence-electron chi connectivity index (χ0n) is 11.1. The molecule has 2 saturated heterocycles. The number of aliphatic hydroxyl groups excluding tert-OH is 1. The second-order valence-electron chi connectivity index (χ2n) is 5.68. The van der Waals surface area contributed by atoms with Gasteiger partial charge in [0.15, 0.2) is 0 Å². The number of hydrogen-bond donors (Lipinski definition) is 1. The van der Waals surface area contributed by atoms with Crippen LogP contribution in [0.4, 0.5) is 0 Å². The van der Waals surface area contributed by atoms with E-state index in [0.717, 1.165) is 45.3 Å². The number of hydrogen-bond acceptors (Lipinski definition) is 4. The first kappa shape index (κ1) is 14.2. The van der Waals surface area contributed by atoms with Crippen LogP contribution < -0.4 is 0 Å². The number of nitrogens with zero attached hydrogens (tertiary/aromatic N) is 2. The lowest BCUT2D eigenvalue weighted by Gasteiger charge is -2.36. The minimum absolute atomic E-state index is 0.201. The molecule has 0 aliphatic carbocycles. The number of β-amino-alcohol motifs (C(OH)–C–C–N with tert-alkyl or cyclic N) is 1. The molecule has 5 nitrogen and oxygen atoms in total. The van der Waals surface area contributed by atoms with E-state index in [-0.39, 0.29) is 6.10 Å². The van der Waals surface area contributed by atoms with Crippen molar-refractivity contribution in [2.24, 2.45) is 5.92 Å². The van der Waals surface area contributed by atoms with Gasteiger partial charge in [-0.2, -0.15) is 0 Å². The van der Waals surface area contributed by atoms with Gasteiger partial charge in [-0.15, -0.1) is 0 Å². The second kappa shape index (κ2) is 5.86. The first-order valence-corrected chi connectivity index (χ1v) is 8.65. The standard InChI is InChI=1S/C12H24N2O3S/c1-18(16,17)14-7-2-4-11(9-14)8-13-6-3-5-12(15)10-13/h11-12,15H,2-10H2,1H3/t11?,12-/m0/s1. The molecule has 1 unspecified atom stereocenters. The molecule has 0 amide bonds. The van der Waals surface area contributed by atoms with E-state index in [9.17, 15) is 13.5 Å². The van der Waals surface area contributed by atoms with E-state index < -0.39 is 10.0 Å². The van der Waals surface area contributed by atoms with Gasteiger partial charge in [0, 0.05) is 26.2 Å². The monoisotopic (exact) mass is 276 g/mol. The van der Waals surface area contributed by atoms with Crippen LogP contribution in [0.5, 0.6) is 0 Å². The third kappa shape index (κ3) is 3.91. The molecular weight excluding hydrogens is 252 g/mol. The molecule has 0 aromatic rings. The van der Waals surface area contributed by atoms with Crippen molar-refractivity contribution in [1.82, 2.24) is 9.21 Å². The predicted octanol–water partition coefficient (Wildman–Crippen LogP) is 0.115. The molecule has 2 aliphatic rings. The smallest absolute Gasteiger partial charge is 0.211 e. The third-order valence-electron chi connectivity index (χ3n) is 3.95. The fourth-order valence-corrected chi connectivity index (χ4v) is 3.98. The van der Waals surface area contributed by atoms with E-state index in [1.807, 2.05) is 0 Å². The van der Waals surface area contributed by atoms with Crippen molar-refractivity contribution >= 4 is 10.0 Å². The average Bonchev–Trinajstić information content (AvgIpc) is 2.28. The van der Waals surface area contributed by atoms with Crippen LogP contribution in [-0.4, -0.2) is 67.8 Å². The Morgan fingerprint density at radius 3 is 2.56 bits per heavy atom. The summed E-state index contributed by atoms with van der Waals surface area (Å²) in [6.45, 7) is 4.01. The van der Waals surface area contributed by atoms with Crippen molar-refractivity contribution in [3.8, 4) is 0 Å². The Kier molecular flexibility index (Phi) is 4.64. The minimum Gasteiger partial charge on any atom is -0.392 e. The van der Waals surface area contributed by atoms with Crippen LogP contribution in [0.2, 0.25) is 0 Å². The lowest BCUT2D eigenvalue weighted by molar-refractivity contribution is 0.0561. The maximum Gasteiger partial charge on any atom is 0.211 e. The number of rotatable bonds is 3. The summed E-state index contributed by atoms with van der Waals surface area (Å²) in [5.41, 5.74) is 0. The highest BCUT2D eigenvalue weighted by Gasteiger charge is 2.28. The Balaban J connectivity index is 1.86. The van der Waals surface area contributed by atoms with Gasteiger partial charge in [0.25, 0.3) is 0 Å². The zero-order valence-corrected chi connectivity index (χ0v) is 11.9. The topological polar surface area (TPSA) is 60.9 Å². The maximum absolute atomic E-state index is 11.5. The molecule has 2 aliphatic heterocycles. The second-order valence-corrected chi connectivity index (χ2v) is 7.67. The summed E-state index contributed by atoms with van der Waals surface area (Å²) in [6, 6.07) is 0. The quantitative estimate of drug-likeness (QED) is 0.795. The van der Waals surface area contributed by atoms with E-state index in [1.165, 1.54) is 6.26 Å². The Labute approximate surface area is 110 Å². The Hall–Kier alpha value is -0.170. The molecule has 0 radical (unpaired) electrons. The van der Waals surface area contributed by atoms with Crippen molar-refractivity contribution in [3.63, 3.8) is 0 Å². The van der Waals surface area contributed by atoms with Gasteiger partial charge in [0.2, 0.25) is 10.0 Å². The first-order chi connectivity index (χ1) is 8.45. The van der Waals surface area contributed by atoms with Crippen LogP contribution in [0, 0.1) is 5.92 Å². The molecular formula is C12H24N2O3S. The van der Waals surface area contributed by atoms with Crippen molar-refractivity contribution in [2.45, 2.75) is 31.8 Å². The van der Waals surface area contributed by atoms with E-state index in [4.69, 9.17) is 0 Å². The SMILES string of the molecule is CS(=O)(=O)N1CCCC(CN2CCC[C@H](O)C2)C1. The van der Waals surface area contributed by atoms with Crippen molar-refractivity contribution in [1.29, 1.82) is 0 Å². The van der Waals surface area contributed by atoms with E-state index in [1.54, 1.807) is 4.31 Å². The molecule has 0 spiro atoms. The molecule has 1 N–H and O–H groups in total. The van der Waals surface area contributed by atoms with Crippen LogP contribution >= 0.6 is 0 Å². The summed E-state index contributed by atoms with van der Waals surface area (Å²) < 4.78 is 24.7. The van der Waals surface area contributed by atoms with E-state index in [0.29, 0.717) is 19.0 Å². The van der Waals surface area contributed by atoms with Gasteiger partial charge >= 0.3 is 0 Å². The van der Waals surface area contributed by atoms with Crippen molar-refractivity contribution in [2.75, 3.05) is 39.0 Å². The van der Waals surface area contributed by atoms with Gasteiger partial charge in [-0.1, -0.05) is 0 Å². The van der Waals surface area contributed by atoms with E-state index in [2.05, 4.69) is 4.90 Å². The fraction of sp³-hybridized carbons (Fsp3) is 1.00. The normalized spacial score (nSPS) is 32.6. The molecule has 0 aromatic heterocycles. The van der Waals surface area contributed by atoms with Crippen molar-refractivity contribution < 1.29 is 13.5 Å². The molecule has 6 heteroatoms. The highest BCUT2D eigenvalue weighted by atomic mass is 32.2. The minimum atomic E-state index is -3.04. The van der Waals surface area contributed by atoms with Crippen molar-refractivity contribution in [3.05, 3.63) is 0 Å². The van der Waals surface area contributed by atoms with Crippen LogP contribution in [0.1, 0.15) is 25.7 Å². The molecule has 106 valence electrons. The summed E-state index contributed by atoms with van der Waals surface area (Å²) in [5, 5.41) is 9.64. The number of piperidine rings is 2. The van der Waals surface area contributed by atoms with Gasteiger partial charge in [-0.05, 0) is 38.1 Å². The van der Waals surface area contributed by atoms with Gasteiger partial charge in [0.05, 0.1) is 12.4 Å². The molecule has 0 aromatic carbocycles. The highest BCUT2D eigenvalue weighted by Crippen LogP contribution is 2.21. The molecule has 2 heterocycles. The fourth-order valence-electron chi connectivity index (χ4n) is 3.04. The van der Waals surface area contributed by atoms with Crippen LogP contribution in [-0.2, 0) is 10.0 Å². The maximum atomic E-state index is 11.5.